The van der Waals surface area contributed by atoms with Gasteiger partial charge in [0, 0.05) is 0 Å². The van der Waals surface area contributed by atoms with Gasteiger partial charge in [-0.25, -0.2) is 27.5 Å². The molecule has 2 fully saturated rings. The Hall–Kier alpha value is -0.910. The summed E-state index contributed by atoms with van der Waals surface area (Å²) in [6.45, 7) is -0.388. The zero-order valence-electron chi connectivity index (χ0n) is 7.78. The molecule has 11 heteroatoms. The molecule has 1 spiro atoms. The molecule has 90 valence electrons. The van der Waals surface area contributed by atoms with Gasteiger partial charge < -0.3 is 9.05 Å². The lowest BCUT2D eigenvalue weighted by molar-refractivity contribution is -0.312. The van der Waals surface area contributed by atoms with Crippen LogP contribution in [0.4, 0.5) is 0 Å². The van der Waals surface area contributed by atoms with Crippen LogP contribution in [-0.4, -0.2) is 18.5 Å². The molecule has 0 amide bonds. The lowest BCUT2D eigenvalue weighted by Crippen LogP contribution is -2.51. The number of carbonyl (C=O) groups is 1. The second-order valence-corrected chi connectivity index (χ2v) is 6.35. The van der Waals surface area contributed by atoms with E-state index in [1.807, 2.05) is 0 Å². The van der Waals surface area contributed by atoms with Crippen molar-refractivity contribution in [3.05, 3.63) is 17.1 Å². The van der Waals surface area contributed by atoms with Crippen LogP contribution in [0.3, 0.4) is 0 Å². The van der Waals surface area contributed by atoms with Gasteiger partial charge in [0.2, 0.25) is 0 Å². The molecule has 0 aromatic heterocycles. The predicted octanol–water partition coefficient (Wildman–Crippen LogP) is 0.946. The highest BCUT2D eigenvalue weighted by Gasteiger charge is 2.72. The average Bonchev–Trinajstić information content (AvgIpc) is 2.31. The molecule has 5 bridgehead atoms. The number of phosphoric acid groups is 2. The minimum absolute atomic E-state index is 0.122. The third kappa shape index (κ3) is 1.17. The maximum absolute atomic E-state index is 11.9. The molecule has 0 aromatic rings. The number of hydrogen-bond donors (Lipinski definition) is 0. The van der Waals surface area contributed by atoms with Crippen molar-refractivity contribution in [3.63, 3.8) is 0 Å². The first-order chi connectivity index (χ1) is 7.92. The molecule has 2 saturated heterocycles. The fraction of sp³-hybridized carbons (Fsp3) is 0.333. The molecule has 0 radical (unpaired) electrons. The number of hydrogen-bond acceptors (Lipinski definition) is 9. The van der Waals surface area contributed by atoms with Gasteiger partial charge in [-0.2, -0.15) is 0 Å². The van der Waals surface area contributed by atoms with Gasteiger partial charge in [-0.05, 0) is 0 Å². The van der Waals surface area contributed by atoms with Crippen molar-refractivity contribution in [1.29, 1.82) is 0 Å². The minimum Gasteiger partial charge on any atom is -0.388 e. The molecule has 17 heavy (non-hydrogen) atoms. The largest absolute Gasteiger partial charge is 0.595 e. The summed E-state index contributed by atoms with van der Waals surface area (Å²) < 4.78 is 52.0. The van der Waals surface area contributed by atoms with Crippen LogP contribution in [0.15, 0.2) is 17.1 Å². The maximum Gasteiger partial charge on any atom is 0.595 e. The third-order valence-electron chi connectivity index (χ3n) is 2.24. The van der Waals surface area contributed by atoms with Crippen LogP contribution in [0.2, 0.25) is 0 Å². The normalized spacial score (nSPS) is 50.0. The third-order valence-corrected chi connectivity index (χ3v) is 4.91. The summed E-state index contributed by atoms with van der Waals surface area (Å²) in [6, 6.07) is 0. The minimum atomic E-state index is -4.21. The number of rotatable bonds is 0. The van der Waals surface area contributed by atoms with Gasteiger partial charge in [0.25, 0.3) is 0 Å². The topological polar surface area (TPSA) is 107 Å². The fourth-order valence-corrected chi connectivity index (χ4v) is 4.22. The molecular formula is C6H2O9P2. The highest BCUT2D eigenvalue weighted by atomic mass is 31.2. The van der Waals surface area contributed by atoms with E-state index in [-0.39, 0.29) is 17.9 Å². The predicted molar refractivity (Wildman–Crippen MR) is 44.9 cm³/mol. The number of fused-ring (bicyclic) bond motifs is 2. The number of carbonyl (C=O) groups excluding carboxylic acids is 1. The van der Waals surface area contributed by atoms with Crippen LogP contribution in [0.1, 0.15) is 0 Å². The molecular weight excluding hydrogens is 278 g/mol. The highest BCUT2D eigenvalue weighted by molar-refractivity contribution is 7.51. The Balaban J connectivity index is 2.01. The lowest BCUT2D eigenvalue weighted by atomic mass is 10.2. The molecule has 0 aliphatic carbocycles. The molecule has 1 atom stereocenters. The van der Waals surface area contributed by atoms with Gasteiger partial charge in [0.1, 0.15) is 6.61 Å². The standard InChI is InChI=1S/C6H2O9P2/c7-5-4-1-3-2-10-16(8)13-6(4,14-16)15-17(9,11-3)12-5/h2H2. The van der Waals surface area contributed by atoms with Crippen molar-refractivity contribution < 1.29 is 41.1 Å². The fourth-order valence-electron chi connectivity index (χ4n) is 1.62. The second kappa shape index (κ2) is 2.58. The molecule has 0 aromatic carbocycles. The second-order valence-electron chi connectivity index (χ2n) is 3.39. The molecule has 6 aliphatic heterocycles. The first kappa shape index (κ1) is 10.1. The molecule has 6 rings (SSSR count). The Morgan fingerprint density at radius 3 is 2.59 bits per heavy atom. The van der Waals surface area contributed by atoms with Crippen LogP contribution >= 0.6 is 15.6 Å². The van der Waals surface area contributed by atoms with Gasteiger partial charge in [-0.1, -0.05) is 5.73 Å². The zero-order chi connectivity index (χ0) is 11.9. The summed E-state index contributed by atoms with van der Waals surface area (Å²) >= 11 is 0. The van der Waals surface area contributed by atoms with Gasteiger partial charge in [-0.3, -0.25) is 4.52 Å². The van der Waals surface area contributed by atoms with Gasteiger partial charge >= 0.3 is 27.6 Å². The Kier molecular flexibility index (Phi) is 1.52. The van der Waals surface area contributed by atoms with Crippen molar-refractivity contribution in [2.24, 2.45) is 0 Å². The Morgan fingerprint density at radius 1 is 1.12 bits per heavy atom. The van der Waals surface area contributed by atoms with E-state index in [4.69, 9.17) is 22.6 Å². The van der Waals surface area contributed by atoms with E-state index in [9.17, 15) is 13.9 Å². The Labute approximate surface area is 93.1 Å². The van der Waals surface area contributed by atoms with Crippen molar-refractivity contribution in [2.75, 3.05) is 6.61 Å². The van der Waals surface area contributed by atoms with E-state index in [1.165, 1.54) is 0 Å². The van der Waals surface area contributed by atoms with Crippen LogP contribution in [-0.2, 0) is 41.1 Å². The number of phosphoric ester groups is 2. The van der Waals surface area contributed by atoms with Crippen LogP contribution in [0, 0.1) is 0 Å². The van der Waals surface area contributed by atoms with Crippen LogP contribution in [0.25, 0.3) is 0 Å². The molecule has 0 saturated carbocycles. The van der Waals surface area contributed by atoms with E-state index in [1.54, 1.807) is 0 Å². The SMILES string of the molecule is O=C1OP2(=O)OC3=C=C1C1(O2)OP(=O)(OC3)O1. The Morgan fingerprint density at radius 2 is 1.82 bits per heavy atom. The first-order valence-electron chi connectivity index (χ1n) is 4.33. The van der Waals surface area contributed by atoms with E-state index in [0.717, 1.165) is 0 Å². The maximum atomic E-state index is 11.9. The van der Waals surface area contributed by atoms with Crippen molar-refractivity contribution in [3.8, 4) is 0 Å². The summed E-state index contributed by atoms with van der Waals surface area (Å²) in [6.07, 6.45) is 0. The van der Waals surface area contributed by atoms with Gasteiger partial charge in [-0.15, -0.1) is 0 Å². The molecule has 6 heterocycles. The molecule has 9 nitrogen and oxygen atoms in total. The first-order valence-corrected chi connectivity index (χ1v) is 7.25. The Bertz CT molecular complexity index is 615. The van der Waals surface area contributed by atoms with Crippen molar-refractivity contribution in [1.82, 2.24) is 0 Å². The monoisotopic (exact) mass is 280 g/mol. The van der Waals surface area contributed by atoms with Gasteiger partial charge in [0.15, 0.2) is 11.3 Å². The highest BCUT2D eigenvalue weighted by Crippen LogP contribution is 2.75. The summed E-state index contributed by atoms with van der Waals surface area (Å²) in [7, 11) is -8.01. The summed E-state index contributed by atoms with van der Waals surface area (Å²) in [5.74, 6) is -3.31. The van der Waals surface area contributed by atoms with E-state index < -0.39 is 27.6 Å². The summed E-state index contributed by atoms with van der Waals surface area (Å²) in [5.41, 5.74) is 2.08. The zero-order valence-corrected chi connectivity index (χ0v) is 9.56. The van der Waals surface area contributed by atoms with Crippen LogP contribution in [0.5, 0.6) is 0 Å². The smallest absolute Gasteiger partial charge is 0.388 e. The summed E-state index contributed by atoms with van der Waals surface area (Å²) in [5, 5.41) is 0. The molecule has 6 aliphatic rings. The van der Waals surface area contributed by atoms with Crippen molar-refractivity contribution in [2.45, 2.75) is 5.97 Å². The summed E-state index contributed by atoms with van der Waals surface area (Å²) in [4.78, 5) is 11.5. The van der Waals surface area contributed by atoms with Crippen LogP contribution < -0.4 is 0 Å². The molecule has 0 N–H and O–H groups in total. The average molecular weight is 280 g/mol. The lowest BCUT2D eigenvalue weighted by Gasteiger charge is -2.44. The van der Waals surface area contributed by atoms with Gasteiger partial charge in [0.05, 0.1) is 0 Å². The quantitative estimate of drug-likeness (QED) is 0.473. The van der Waals surface area contributed by atoms with E-state index >= 15 is 0 Å². The van der Waals surface area contributed by atoms with Crippen molar-refractivity contribution >= 4 is 21.6 Å². The van der Waals surface area contributed by atoms with E-state index in [2.05, 4.69) is 10.3 Å². The molecule has 1 unspecified atom stereocenters. The van der Waals surface area contributed by atoms with E-state index in [0.29, 0.717) is 0 Å².